The molecule has 3 N–H and O–H groups in total. The summed E-state index contributed by atoms with van der Waals surface area (Å²) >= 11 is 0. The van der Waals surface area contributed by atoms with Gasteiger partial charge in [-0.15, -0.1) is 0 Å². The Morgan fingerprint density at radius 3 is 1.79 bits per heavy atom. The summed E-state index contributed by atoms with van der Waals surface area (Å²) in [6.45, 7) is 13.5. The van der Waals surface area contributed by atoms with Crippen LogP contribution in [-0.2, 0) is 17.4 Å². The minimum atomic E-state index is -0.104. The second-order valence-electron chi connectivity index (χ2n) is 8.38. The van der Waals surface area contributed by atoms with E-state index in [2.05, 4.69) is 64.5 Å². The van der Waals surface area contributed by atoms with E-state index < -0.39 is 0 Å². The molecule has 2 aromatic carbocycles. The zero-order chi connectivity index (χ0) is 18.0. The van der Waals surface area contributed by atoms with Crippen molar-refractivity contribution in [1.29, 1.82) is 0 Å². The smallest absolute Gasteiger partial charge is 0.123 e. The number of anilines is 1. The topological polar surface area (TPSA) is 44.3 Å². The Labute approximate surface area is 146 Å². The van der Waals surface area contributed by atoms with Gasteiger partial charge in [-0.2, -0.15) is 0 Å². The fourth-order valence-corrected chi connectivity index (χ4v) is 2.71. The Balaban J connectivity index is 2.26. The maximum absolute atomic E-state index is 10.8. The molecule has 2 rings (SSSR count). The maximum Gasteiger partial charge on any atom is 0.123 e. The van der Waals surface area contributed by atoms with E-state index in [1.54, 1.807) is 0 Å². The first-order chi connectivity index (χ1) is 11.1. The molecule has 0 aliphatic rings. The first kappa shape index (κ1) is 18.3. The van der Waals surface area contributed by atoms with Crippen molar-refractivity contribution in [1.82, 2.24) is 5.43 Å². The quantitative estimate of drug-likeness (QED) is 0.685. The molecular weight excluding hydrogens is 296 g/mol. The van der Waals surface area contributed by atoms with E-state index in [1.807, 2.05) is 30.3 Å². The van der Waals surface area contributed by atoms with E-state index in [9.17, 15) is 5.11 Å². The highest BCUT2D eigenvalue weighted by atomic mass is 16.3. The van der Waals surface area contributed by atoms with Gasteiger partial charge in [0.25, 0.3) is 0 Å². The number of rotatable bonds is 4. The fourth-order valence-electron chi connectivity index (χ4n) is 2.71. The van der Waals surface area contributed by atoms with Gasteiger partial charge in [0.05, 0.1) is 0 Å². The van der Waals surface area contributed by atoms with Crippen LogP contribution in [-0.4, -0.2) is 5.11 Å². The molecule has 0 saturated carbocycles. The van der Waals surface area contributed by atoms with Gasteiger partial charge in [-0.25, -0.2) is 5.43 Å². The molecule has 0 heterocycles. The number of phenols is 1. The summed E-state index contributed by atoms with van der Waals surface area (Å²) < 4.78 is 0. The molecule has 0 aromatic heterocycles. The highest BCUT2D eigenvalue weighted by Gasteiger charge is 2.26. The van der Waals surface area contributed by atoms with E-state index in [-0.39, 0.29) is 10.8 Å². The summed E-state index contributed by atoms with van der Waals surface area (Å²) in [4.78, 5) is 0. The molecule has 130 valence electrons. The largest absolute Gasteiger partial charge is 0.507 e. The Kier molecular flexibility index (Phi) is 5.24. The normalized spacial score (nSPS) is 12.2. The van der Waals surface area contributed by atoms with E-state index >= 15 is 0 Å². The summed E-state index contributed by atoms with van der Waals surface area (Å²) in [5, 5.41) is 10.8. The standard InChI is InChI=1S/C21H30N2O/c1-20(2,3)17-12-15(13-18(19(17)24)21(4,5)6)14-22-23-16-10-8-7-9-11-16/h7-13,22-24H,14H2,1-6H3. The van der Waals surface area contributed by atoms with Crippen molar-refractivity contribution >= 4 is 5.69 Å². The Hall–Kier alpha value is -2.00. The molecule has 0 aliphatic heterocycles. The maximum atomic E-state index is 10.8. The van der Waals surface area contributed by atoms with Crippen LogP contribution in [0.1, 0.15) is 58.2 Å². The van der Waals surface area contributed by atoms with Crippen LogP contribution in [0.3, 0.4) is 0 Å². The number of phenolic OH excluding ortho intramolecular Hbond substituents is 1. The molecule has 0 spiro atoms. The van der Waals surface area contributed by atoms with Crippen molar-refractivity contribution in [2.24, 2.45) is 0 Å². The lowest BCUT2D eigenvalue weighted by molar-refractivity contribution is 0.422. The minimum Gasteiger partial charge on any atom is -0.507 e. The lowest BCUT2D eigenvalue weighted by Gasteiger charge is -2.28. The fraction of sp³-hybridized carbons (Fsp3) is 0.429. The number of hydrogen-bond donors (Lipinski definition) is 3. The van der Waals surface area contributed by atoms with E-state index in [1.165, 1.54) is 0 Å². The molecule has 0 unspecified atom stereocenters. The van der Waals surface area contributed by atoms with Crippen LogP contribution in [0.15, 0.2) is 42.5 Å². The van der Waals surface area contributed by atoms with Gasteiger partial charge in [-0.05, 0) is 39.7 Å². The molecule has 3 heteroatoms. The van der Waals surface area contributed by atoms with Gasteiger partial charge in [0.1, 0.15) is 5.75 Å². The molecule has 3 nitrogen and oxygen atoms in total. The van der Waals surface area contributed by atoms with Crippen LogP contribution in [0.4, 0.5) is 5.69 Å². The molecule has 0 atom stereocenters. The molecular formula is C21H30N2O. The summed E-state index contributed by atoms with van der Waals surface area (Å²) in [6.07, 6.45) is 0. The van der Waals surface area contributed by atoms with Gasteiger partial charge < -0.3 is 10.5 Å². The average Bonchev–Trinajstić information content (AvgIpc) is 2.47. The number of nitrogens with one attached hydrogen (secondary N) is 2. The highest BCUT2D eigenvalue weighted by Crippen LogP contribution is 2.39. The van der Waals surface area contributed by atoms with Crippen molar-refractivity contribution in [2.75, 3.05) is 5.43 Å². The van der Waals surface area contributed by atoms with E-state index in [0.29, 0.717) is 12.3 Å². The molecule has 0 radical (unpaired) electrons. The average molecular weight is 326 g/mol. The molecule has 0 fully saturated rings. The first-order valence-electron chi connectivity index (χ1n) is 8.50. The van der Waals surface area contributed by atoms with Gasteiger partial charge in [0.15, 0.2) is 0 Å². The van der Waals surface area contributed by atoms with Crippen molar-refractivity contribution in [3.63, 3.8) is 0 Å². The third-order valence-corrected chi connectivity index (χ3v) is 4.08. The van der Waals surface area contributed by atoms with Crippen molar-refractivity contribution in [2.45, 2.75) is 58.9 Å². The Bertz CT molecular complexity index is 644. The van der Waals surface area contributed by atoms with Gasteiger partial charge in [-0.3, -0.25) is 0 Å². The van der Waals surface area contributed by atoms with Gasteiger partial charge in [-0.1, -0.05) is 71.9 Å². The number of aromatic hydroxyl groups is 1. The first-order valence-corrected chi connectivity index (χ1v) is 8.50. The van der Waals surface area contributed by atoms with Gasteiger partial charge in [0, 0.05) is 12.2 Å². The molecule has 0 aliphatic carbocycles. The SMILES string of the molecule is CC(C)(C)c1cc(CNNc2ccccc2)cc(C(C)(C)C)c1O. The molecule has 0 bridgehead atoms. The number of para-hydroxylation sites is 1. The monoisotopic (exact) mass is 326 g/mol. The van der Waals surface area contributed by atoms with Crippen LogP contribution < -0.4 is 10.9 Å². The van der Waals surface area contributed by atoms with E-state index in [0.717, 1.165) is 22.4 Å². The van der Waals surface area contributed by atoms with Gasteiger partial charge >= 0.3 is 0 Å². The summed E-state index contributed by atoms with van der Waals surface area (Å²) in [6, 6.07) is 14.2. The van der Waals surface area contributed by atoms with Crippen molar-refractivity contribution in [3.05, 3.63) is 59.2 Å². The van der Waals surface area contributed by atoms with Crippen LogP contribution in [0, 0.1) is 0 Å². The van der Waals surface area contributed by atoms with Crippen molar-refractivity contribution in [3.8, 4) is 5.75 Å². The Morgan fingerprint density at radius 2 is 1.33 bits per heavy atom. The number of benzene rings is 2. The van der Waals surface area contributed by atoms with E-state index in [4.69, 9.17) is 0 Å². The predicted octanol–water partition coefficient (Wildman–Crippen LogP) is 5.10. The lowest BCUT2D eigenvalue weighted by Crippen LogP contribution is -2.23. The van der Waals surface area contributed by atoms with Gasteiger partial charge in [0.2, 0.25) is 0 Å². The number of hydrogen-bond acceptors (Lipinski definition) is 3. The molecule has 0 amide bonds. The molecule has 24 heavy (non-hydrogen) atoms. The predicted molar refractivity (Wildman–Crippen MR) is 102 cm³/mol. The third kappa shape index (κ3) is 4.51. The minimum absolute atomic E-state index is 0.104. The summed E-state index contributed by atoms with van der Waals surface area (Å²) in [5.41, 5.74) is 10.4. The molecule has 0 saturated heterocycles. The molecule has 2 aromatic rings. The summed E-state index contributed by atoms with van der Waals surface area (Å²) in [5.74, 6) is 0.426. The summed E-state index contributed by atoms with van der Waals surface area (Å²) in [7, 11) is 0. The second-order valence-corrected chi connectivity index (χ2v) is 8.38. The zero-order valence-electron chi connectivity index (χ0n) is 15.7. The van der Waals surface area contributed by atoms with Crippen LogP contribution in [0.2, 0.25) is 0 Å². The van der Waals surface area contributed by atoms with Crippen LogP contribution >= 0.6 is 0 Å². The van der Waals surface area contributed by atoms with Crippen LogP contribution in [0.5, 0.6) is 5.75 Å². The third-order valence-electron chi connectivity index (χ3n) is 4.08. The van der Waals surface area contributed by atoms with Crippen molar-refractivity contribution < 1.29 is 5.11 Å². The second kappa shape index (κ2) is 6.86. The zero-order valence-corrected chi connectivity index (χ0v) is 15.7. The Morgan fingerprint density at radius 1 is 0.833 bits per heavy atom. The number of hydrazine groups is 1. The lowest BCUT2D eigenvalue weighted by atomic mass is 9.78. The highest BCUT2D eigenvalue weighted by molar-refractivity contribution is 5.50. The van der Waals surface area contributed by atoms with Crippen LogP contribution in [0.25, 0.3) is 0 Å².